The van der Waals surface area contributed by atoms with E-state index in [2.05, 4.69) is 25.7 Å². The minimum absolute atomic E-state index is 0.0625. The van der Waals surface area contributed by atoms with Gasteiger partial charge in [0.1, 0.15) is 11.9 Å². The van der Waals surface area contributed by atoms with E-state index in [0.717, 1.165) is 5.82 Å². The third-order valence-corrected chi connectivity index (χ3v) is 2.88. The van der Waals surface area contributed by atoms with Crippen molar-refractivity contribution in [2.75, 3.05) is 20.1 Å². The van der Waals surface area contributed by atoms with Gasteiger partial charge in [-0.05, 0) is 7.05 Å². The quantitative estimate of drug-likeness (QED) is 0.528. The van der Waals surface area contributed by atoms with Gasteiger partial charge in [0.2, 0.25) is 0 Å². The smallest absolute Gasteiger partial charge is 0.322 e. The zero-order valence-electron chi connectivity index (χ0n) is 9.68. The van der Waals surface area contributed by atoms with Crippen LogP contribution < -0.4 is 10.9 Å². The number of aliphatic carboxylic acids is 1. The molecule has 0 spiro atoms. The van der Waals surface area contributed by atoms with Gasteiger partial charge in [0, 0.05) is 31.4 Å². The SMILES string of the molecule is CN(Cc1ncc[nH]1)CC1CNNC1C(=O)O. The second-order valence-electron chi connectivity index (χ2n) is 4.33. The molecule has 17 heavy (non-hydrogen) atoms. The summed E-state index contributed by atoms with van der Waals surface area (Å²) in [5.41, 5.74) is 5.66. The van der Waals surface area contributed by atoms with Crippen LogP contribution in [0.4, 0.5) is 0 Å². The predicted octanol–water partition coefficient (Wildman–Crippen LogP) is -0.981. The summed E-state index contributed by atoms with van der Waals surface area (Å²) in [6, 6.07) is -0.519. The van der Waals surface area contributed by atoms with Crippen molar-refractivity contribution in [3.8, 4) is 0 Å². The first-order chi connectivity index (χ1) is 8.16. The van der Waals surface area contributed by atoms with Crippen LogP contribution in [0.5, 0.6) is 0 Å². The van der Waals surface area contributed by atoms with Crippen LogP contribution in [0.1, 0.15) is 5.82 Å². The number of imidazole rings is 1. The molecular formula is C10H17N5O2. The Kier molecular flexibility index (Phi) is 3.72. The van der Waals surface area contributed by atoms with E-state index in [1.54, 1.807) is 12.4 Å². The number of hydrazine groups is 1. The van der Waals surface area contributed by atoms with E-state index in [1.807, 2.05) is 7.05 Å². The fourth-order valence-electron chi connectivity index (χ4n) is 2.07. The van der Waals surface area contributed by atoms with Crippen LogP contribution in [0, 0.1) is 5.92 Å². The molecule has 0 aliphatic carbocycles. The Bertz CT molecular complexity index is 367. The second kappa shape index (κ2) is 5.26. The van der Waals surface area contributed by atoms with Gasteiger partial charge >= 0.3 is 5.97 Å². The van der Waals surface area contributed by atoms with Gasteiger partial charge < -0.3 is 10.1 Å². The first kappa shape index (κ1) is 12.0. The summed E-state index contributed by atoms with van der Waals surface area (Å²) in [5.74, 6) is 0.136. The molecule has 2 rings (SSSR count). The first-order valence-corrected chi connectivity index (χ1v) is 5.55. The fraction of sp³-hybridized carbons (Fsp3) is 0.600. The van der Waals surface area contributed by atoms with E-state index in [4.69, 9.17) is 5.11 Å². The van der Waals surface area contributed by atoms with Gasteiger partial charge in [-0.1, -0.05) is 0 Å². The van der Waals surface area contributed by atoms with E-state index in [1.165, 1.54) is 0 Å². The molecule has 0 amide bonds. The van der Waals surface area contributed by atoms with Crippen molar-refractivity contribution in [3.05, 3.63) is 18.2 Å². The van der Waals surface area contributed by atoms with E-state index in [9.17, 15) is 4.79 Å². The number of carbonyl (C=O) groups is 1. The van der Waals surface area contributed by atoms with E-state index in [-0.39, 0.29) is 5.92 Å². The molecule has 1 aromatic rings. The van der Waals surface area contributed by atoms with Crippen LogP contribution in [-0.4, -0.2) is 52.1 Å². The van der Waals surface area contributed by atoms with Crippen LogP contribution in [0.2, 0.25) is 0 Å². The second-order valence-corrected chi connectivity index (χ2v) is 4.33. The van der Waals surface area contributed by atoms with Crippen molar-refractivity contribution in [3.63, 3.8) is 0 Å². The Hall–Kier alpha value is -1.44. The molecule has 7 nitrogen and oxygen atoms in total. The van der Waals surface area contributed by atoms with Crippen LogP contribution >= 0.6 is 0 Å². The van der Waals surface area contributed by atoms with Gasteiger partial charge in [-0.3, -0.25) is 15.1 Å². The molecule has 1 aliphatic heterocycles. The largest absolute Gasteiger partial charge is 0.480 e. The fourth-order valence-corrected chi connectivity index (χ4v) is 2.07. The summed E-state index contributed by atoms with van der Waals surface area (Å²) >= 11 is 0. The highest BCUT2D eigenvalue weighted by atomic mass is 16.4. The van der Waals surface area contributed by atoms with Gasteiger partial charge in [0.05, 0.1) is 6.54 Å². The minimum Gasteiger partial charge on any atom is -0.480 e. The lowest BCUT2D eigenvalue weighted by atomic mass is 10.0. The van der Waals surface area contributed by atoms with E-state index < -0.39 is 12.0 Å². The highest BCUT2D eigenvalue weighted by Crippen LogP contribution is 2.10. The summed E-state index contributed by atoms with van der Waals surface area (Å²) in [6.45, 7) is 2.06. The zero-order chi connectivity index (χ0) is 12.3. The van der Waals surface area contributed by atoms with Crippen LogP contribution in [0.15, 0.2) is 12.4 Å². The molecule has 1 saturated heterocycles. The Labute approximate surface area is 99.2 Å². The highest BCUT2D eigenvalue weighted by molar-refractivity contribution is 5.74. The molecule has 0 radical (unpaired) electrons. The Morgan fingerprint density at radius 2 is 2.53 bits per heavy atom. The van der Waals surface area contributed by atoms with Gasteiger partial charge in [-0.15, -0.1) is 0 Å². The van der Waals surface area contributed by atoms with Crippen molar-refractivity contribution < 1.29 is 9.90 Å². The standard InChI is InChI=1S/C10H17N5O2/c1-15(6-8-11-2-3-12-8)5-7-4-13-14-9(7)10(16)17/h2-3,7,9,13-14H,4-6H2,1H3,(H,11,12)(H,16,17). The number of aromatic amines is 1. The van der Waals surface area contributed by atoms with Gasteiger partial charge in [-0.25, -0.2) is 10.4 Å². The lowest BCUT2D eigenvalue weighted by Gasteiger charge is -2.21. The van der Waals surface area contributed by atoms with Crippen molar-refractivity contribution in [1.82, 2.24) is 25.7 Å². The molecule has 1 fully saturated rings. The number of carboxylic acids is 1. The van der Waals surface area contributed by atoms with Gasteiger partial charge in [0.15, 0.2) is 0 Å². The number of rotatable bonds is 5. The molecule has 0 bridgehead atoms. The predicted molar refractivity (Wildman–Crippen MR) is 61.0 cm³/mol. The number of nitrogens with one attached hydrogen (secondary N) is 3. The van der Waals surface area contributed by atoms with Crippen molar-refractivity contribution in [2.45, 2.75) is 12.6 Å². The molecule has 2 heterocycles. The lowest BCUT2D eigenvalue weighted by molar-refractivity contribution is -0.140. The number of H-pyrrole nitrogens is 1. The molecule has 0 aromatic carbocycles. The highest BCUT2D eigenvalue weighted by Gasteiger charge is 2.33. The third kappa shape index (κ3) is 3.02. The maximum Gasteiger partial charge on any atom is 0.322 e. The summed E-state index contributed by atoms with van der Waals surface area (Å²) in [7, 11) is 1.96. The summed E-state index contributed by atoms with van der Waals surface area (Å²) in [6.07, 6.45) is 3.49. The maximum atomic E-state index is 11.0. The van der Waals surface area contributed by atoms with Crippen LogP contribution in [0.3, 0.4) is 0 Å². The maximum absolute atomic E-state index is 11.0. The third-order valence-electron chi connectivity index (χ3n) is 2.88. The number of aromatic nitrogens is 2. The molecule has 1 aromatic heterocycles. The van der Waals surface area contributed by atoms with Gasteiger partial charge in [0.25, 0.3) is 0 Å². The number of hydrogen-bond donors (Lipinski definition) is 4. The Morgan fingerprint density at radius 1 is 1.71 bits per heavy atom. The first-order valence-electron chi connectivity index (χ1n) is 5.55. The molecule has 2 unspecified atom stereocenters. The molecule has 4 N–H and O–H groups in total. The number of hydrogen-bond acceptors (Lipinski definition) is 5. The topological polar surface area (TPSA) is 93.3 Å². The van der Waals surface area contributed by atoms with Crippen molar-refractivity contribution in [2.24, 2.45) is 5.92 Å². The summed E-state index contributed by atoms with van der Waals surface area (Å²) < 4.78 is 0. The summed E-state index contributed by atoms with van der Waals surface area (Å²) in [4.78, 5) is 20.2. The molecule has 7 heteroatoms. The summed E-state index contributed by atoms with van der Waals surface area (Å²) in [5, 5.41) is 9.01. The molecule has 0 saturated carbocycles. The molecular weight excluding hydrogens is 222 g/mol. The molecule has 1 aliphatic rings. The number of carboxylic acid groups (broad SMARTS) is 1. The Morgan fingerprint density at radius 3 is 3.18 bits per heavy atom. The average Bonchev–Trinajstić information content (AvgIpc) is 2.88. The lowest BCUT2D eigenvalue weighted by Crippen LogP contribution is -2.41. The van der Waals surface area contributed by atoms with Crippen LogP contribution in [0.25, 0.3) is 0 Å². The Balaban J connectivity index is 1.85. The molecule has 2 atom stereocenters. The van der Waals surface area contributed by atoms with Crippen molar-refractivity contribution >= 4 is 5.97 Å². The number of nitrogens with zero attached hydrogens (tertiary/aromatic N) is 2. The molecule has 94 valence electrons. The van der Waals surface area contributed by atoms with E-state index in [0.29, 0.717) is 19.6 Å². The van der Waals surface area contributed by atoms with E-state index >= 15 is 0 Å². The normalized spacial score (nSPS) is 24.4. The average molecular weight is 239 g/mol. The van der Waals surface area contributed by atoms with Gasteiger partial charge in [-0.2, -0.15) is 0 Å². The monoisotopic (exact) mass is 239 g/mol. The van der Waals surface area contributed by atoms with Crippen LogP contribution in [-0.2, 0) is 11.3 Å². The minimum atomic E-state index is -0.814. The zero-order valence-corrected chi connectivity index (χ0v) is 9.68. The van der Waals surface area contributed by atoms with Crippen molar-refractivity contribution in [1.29, 1.82) is 0 Å².